The number of thioether (sulfide) groups is 2. The second kappa shape index (κ2) is 15.8. The minimum absolute atomic E-state index is 0.289. The molecular formula is C20H33NO9S2. The fraction of sp³-hybridized carbons (Fsp3) is 0.750. The highest BCUT2D eigenvalue weighted by molar-refractivity contribution is 8.17. The predicted molar refractivity (Wildman–Crippen MR) is 121 cm³/mol. The van der Waals surface area contributed by atoms with Crippen LogP contribution in [-0.2, 0) is 42.9 Å². The summed E-state index contributed by atoms with van der Waals surface area (Å²) >= 11 is 3.02. The molecule has 0 heterocycles. The molecule has 1 amide bonds. The van der Waals surface area contributed by atoms with E-state index >= 15 is 0 Å². The van der Waals surface area contributed by atoms with E-state index in [9.17, 15) is 24.0 Å². The lowest BCUT2D eigenvalue weighted by Gasteiger charge is -2.38. The van der Waals surface area contributed by atoms with E-state index in [1.54, 1.807) is 0 Å². The maximum absolute atomic E-state index is 12.0. The predicted octanol–water partition coefficient (Wildman–Crippen LogP) is 1.68. The van der Waals surface area contributed by atoms with Crippen molar-refractivity contribution >= 4 is 53.3 Å². The highest BCUT2D eigenvalue weighted by atomic mass is 32.2. The molecule has 0 aliphatic rings. The van der Waals surface area contributed by atoms with E-state index < -0.39 is 60.7 Å². The van der Waals surface area contributed by atoms with Crippen LogP contribution in [-0.4, -0.2) is 76.8 Å². The lowest BCUT2D eigenvalue weighted by atomic mass is 10.0. The molecule has 0 aromatic heterocycles. The summed E-state index contributed by atoms with van der Waals surface area (Å²) in [5.74, 6) is -1.81. The van der Waals surface area contributed by atoms with Crippen molar-refractivity contribution in [3.8, 4) is 0 Å². The molecule has 0 saturated carbocycles. The Kier molecular flexibility index (Phi) is 14.8. The van der Waals surface area contributed by atoms with Crippen LogP contribution in [0, 0.1) is 0 Å². The third-order valence-corrected chi connectivity index (χ3v) is 6.47. The first-order valence-corrected chi connectivity index (χ1v) is 12.2. The van der Waals surface area contributed by atoms with Gasteiger partial charge in [-0.3, -0.25) is 24.0 Å². The molecule has 0 aliphatic heterocycles. The van der Waals surface area contributed by atoms with Gasteiger partial charge in [0.25, 0.3) is 0 Å². The van der Waals surface area contributed by atoms with E-state index in [0.29, 0.717) is 11.5 Å². The lowest BCUT2D eigenvalue weighted by molar-refractivity contribution is -0.191. The van der Waals surface area contributed by atoms with Crippen LogP contribution in [0.15, 0.2) is 0 Å². The van der Waals surface area contributed by atoms with Gasteiger partial charge in [-0.05, 0) is 11.5 Å². The van der Waals surface area contributed by atoms with E-state index in [2.05, 4.69) is 5.32 Å². The molecule has 0 aliphatic carbocycles. The molecule has 4 atom stereocenters. The van der Waals surface area contributed by atoms with Crippen LogP contribution in [0.3, 0.4) is 0 Å². The van der Waals surface area contributed by atoms with Gasteiger partial charge in [0.2, 0.25) is 5.91 Å². The molecule has 0 fully saturated rings. The first-order valence-electron chi connectivity index (χ1n) is 10.1. The van der Waals surface area contributed by atoms with Gasteiger partial charge in [0.15, 0.2) is 18.3 Å². The molecule has 0 bridgehead atoms. The monoisotopic (exact) mass is 495 g/mol. The summed E-state index contributed by atoms with van der Waals surface area (Å²) in [5.41, 5.74) is 0. The van der Waals surface area contributed by atoms with Gasteiger partial charge in [0.1, 0.15) is 6.61 Å². The zero-order valence-corrected chi connectivity index (χ0v) is 21.1. The van der Waals surface area contributed by atoms with Gasteiger partial charge in [-0.2, -0.15) is 0 Å². The summed E-state index contributed by atoms with van der Waals surface area (Å²) in [4.78, 5) is 59.1. The van der Waals surface area contributed by atoms with Crippen molar-refractivity contribution in [3.63, 3.8) is 0 Å². The molecule has 184 valence electrons. The fourth-order valence-corrected chi connectivity index (χ4v) is 5.53. The van der Waals surface area contributed by atoms with E-state index in [-0.39, 0.29) is 4.58 Å². The van der Waals surface area contributed by atoms with Crippen molar-refractivity contribution in [2.45, 2.75) is 77.4 Å². The van der Waals surface area contributed by atoms with E-state index in [0.717, 1.165) is 13.8 Å². The van der Waals surface area contributed by atoms with Crippen LogP contribution in [0.25, 0.3) is 0 Å². The maximum atomic E-state index is 12.0. The number of carbonyl (C=O) groups is 5. The van der Waals surface area contributed by atoms with E-state index in [4.69, 9.17) is 18.9 Å². The number of rotatable bonds is 14. The number of carbonyl (C=O) groups excluding carboxylic acids is 5. The van der Waals surface area contributed by atoms with Crippen molar-refractivity contribution in [2.24, 2.45) is 0 Å². The molecule has 12 heteroatoms. The number of hydrogen-bond donors (Lipinski definition) is 1. The Morgan fingerprint density at radius 2 is 1.19 bits per heavy atom. The van der Waals surface area contributed by atoms with Gasteiger partial charge >= 0.3 is 23.9 Å². The third kappa shape index (κ3) is 12.2. The average molecular weight is 496 g/mol. The number of hydrogen-bond acceptors (Lipinski definition) is 11. The minimum Gasteiger partial charge on any atom is -0.462 e. The molecule has 0 aromatic rings. The van der Waals surface area contributed by atoms with Gasteiger partial charge in [-0.15, -0.1) is 23.5 Å². The number of nitrogens with one attached hydrogen (secondary N) is 1. The Hall–Kier alpha value is -1.95. The molecule has 32 heavy (non-hydrogen) atoms. The summed E-state index contributed by atoms with van der Waals surface area (Å²) in [6.07, 6.45) is -3.86. The van der Waals surface area contributed by atoms with Gasteiger partial charge in [0, 0.05) is 34.6 Å². The van der Waals surface area contributed by atoms with Crippen molar-refractivity contribution < 1.29 is 42.9 Å². The van der Waals surface area contributed by atoms with Gasteiger partial charge in [-0.25, -0.2) is 0 Å². The van der Waals surface area contributed by atoms with Gasteiger partial charge < -0.3 is 24.3 Å². The Morgan fingerprint density at radius 3 is 1.56 bits per heavy atom. The molecule has 0 radical (unpaired) electrons. The topological polar surface area (TPSA) is 134 Å². The zero-order valence-electron chi connectivity index (χ0n) is 19.5. The average Bonchev–Trinajstić information content (AvgIpc) is 2.65. The molecule has 0 aromatic carbocycles. The molecular weight excluding hydrogens is 462 g/mol. The summed E-state index contributed by atoms with van der Waals surface area (Å²) < 4.78 is 20.9. The highest BCUT2D eigenvalue weighted by Crippen LogP contribution is 2.32. The largest absolute Gasteiger partial charge is 0.462 e. The number of amides is 1. The minimum atomic E-state index is -1.35. The second-order valence-corrected chi connectivity index (χ2v) is 9.74. The quantitative estimate of drug-likeness (QED) is 0.214. The Balaban J connectivity index is 6.51. The summed E-state index contributed by atoms with van der Waals surface area (Å²) in [6, 6.07) is -0.814. The number of esters is 4. The van der Waals surface area contributed by atoms with Crippen molar-refractivity contribution in [1.29, 1.82) is 0 Å². The Bertz CT molecular complexity index is 653. The summed E-state index contributed by atoms with van der Waals surface area (Å²) in [6.45, 7) is 9.36. The first-order chi connectivity index (χ1) is 14.9. The van der Waals surface area contributed by atoms with Crippen LogP contribution in [0.5, 0.6) is 0 Å². The molecule has 0 saturated heterocycles. The second-order valence-electron chi connectivity index (χ2n) is 6.60. The zero-order chi connectivity index (χ0) is 24.8. The van der Waals surface area contributed by atoms with Crippen molar-refractivity contribution in [2.75, 3.05) is 18.1 Å². The number of ether oxygens (including phenoxy) is 4. The molecule has 0 rings (SSSR count). The maximum Gasteiger partial charge on any atom is 0.303 e. The summed E-state index contributed by atoms with van der Waals surface area (Å²) in [5, 5.41) is 2.78. The fourth-order valence-electron chi connectivity index (χ4n) is 2.81. The SMILES string of the molecule is CCSC(SCC)[C@@H](NC(C)=O)[C@H](OC(C)=O)[C@H](OC(C)=O)[C@@H](COC(C)=O)OC(C)=O. The molecule has 1 N–H and O–H groups in total. The van der Waals surface area contributed by atoms with Crippen LogP contribution in [0.2, 0.25) is 0 Å². The van der Waals surface area contributed by atoms with Crippen LogP contribution in [0.4, 0.5) is 0 Å². The highest BCUT2D eigenvalue weighted by Gasteiger charge is 2.45. The smallest absolute Gasteiger partial charge is 0.303 e. The van der Waals surface area contributed by atoms with Gasteiger partial charge in [0.05, 0.1) is 10.6 Å². The van der Waals surface area contributed by atoms with Crippen molar-refractivity contribution in [3.05, 3.63) is 0 Å². The summed E-state index contributed by atoms with van der Waals surface area (Å²) in [7, 11) is 0. The third-order valence-electron chi connectivity index (χ3n) is 3.74. The van der Waals surface area contributed by atoms with E-state index in [1.165, 1.54) is 44.3 Å². The Morgan fingerprint density at radius 1 is 0.719 bits per heavy atom. The van der Waals surface area contributed by atoms with Crippen LogP contribution >= 0.6 is 23.5 Å². The lowest BCUT2D eigenvalue weighted by Crippen LogP contribution is -2.59. The van der Waals surface area contributed by atoms with Crippen LogP contribution < -0.4 is 5.32 Å². The van der Waals surface area contributed by atoms with Crippen LogP contribution in [0.1, 0.15) is 48.5 Å². The van der Waals surface area contributed by atoms with E-state index in [1.807, 2.05) is 13.8 Å². The molecule has 0 spiro atoms. The Labute approximate surface area is 197 Å². The standard InChI is InChI=1S/C20H33NO9S2/c1-8-31-20(32-9-2)17(21-11(3)22)19(30-15(7)26)18(29-14(6)25)16(28-13(5)24)10-27-12(4)23/h16-20H,8-10H2,1-7H3,(H,21,22)/t16-,17+,18-,19+/m1/s1. The molecule has 10 nitrogen and oxygen atoms in total. The normalized spacial score (nSPS) is 14.5. The molecule has 0 unspecified atom stereocenters. The first kappa shape index (κ1) is 30.0. The van der Waals surface area contributed by atoms with Crippen molar-refractivity contribution in [1.82, 2.24) is 5.32 Å². The van der Waals surface area contributed by atoms with Gasteiger partial charge in [-0.1, -0.05) is 13.8 Å².